The Morgan fingerprint density at radius 1 is 1.42 bits per heavy atom. The molecule has 1 saturated carbocycles. The number of aliphatic hydroxyl groups is 1. The third-order valence-corrected chi connectivity index (χ3v) is 7.67. The summed E-state index contributed by atoms with van der Waals surface area (Å²) in [6.45, 7) is 3.08. The highest BCUT2D eigenvalue weighted by Gasteiger charge is 2.41. The van der Waals surface area contributed by atoms with Gasteiger partial charge in [-0.25, -0.2) is 12.4 Å². The van der Waals surface area contributed by atoms with E-state index in [-0.39, 0.29) is 11.2 Å². The standard InChI is InChI=1S/C17H21BrN2O3S/c1-10(21)6-11-8-19-9-16-17(11)14-7-12(18)2-5-15(14)20(16)24(22,23)13-3-4-13/h2,5,7,10-11,13,19,21H,3-4,6,8-9H2,1H3. The zero-order valence-electron chi connectivity index (χ0n) is 13.5. The van der Waals surface area contributed by atoms with E-state index in [1.807, 2.05) is 18.2 Å². The van der Waals surface area contributed by atoms with E-state index in [1.54, 1.807) is 10.9 Å². The molecule has 2 unspecified atom stereocenters. The number of hydrogen-bond donors (Lipinski definition) is 2. The average Bonchev–Trinajstić information content (AvgIpc) is 3.30. The van der Waals surface area contributed by atoms with E-state index in [1.165, 1.54) is 0 Å². The molecule has 1 aromatic carbocycles. The lowest BCUT2D eigenvalue weighted by Crippen LogP contribution is -2.32. The van der Waals surface area contributed by atoms with Crippen LogP contribution < -0.4 is 5.32 Å². The van der Waals surface area contributed by atoms with Crippen molar-refractivity contribution >= 4 is 36.9 Å². The quantitative estimate of drug-likeness (QED) is 0.809. The highest BCUT2D eigenvalue weighted by atomic mass is 79.9. The number of aliphatic hydroxyl groups excluding tert-OH is 1. The summed E-state index contributed by atoms with van der Waals surface area (Å²) >= 11 is 3.51. The smallest absolute Gasteiger partial charge is 0.242 e. The van der Waals surface area contributed by atoms with Crippen molar-refractivity contribution in [3.8, 4) is 0 Å². The Hall–Kier alpha value is -0.890. The fourth-order valence-electron chi connectivity index (χ4n) is 3.82. The van der Waals surface area contributed by atoms with Gasteiger partial charge in [0.2, 0.25) is 10.0 Å². The van der Waals surface area contributed by atoms with E-state index < -0.39 is 16.1 Å². The third kappa shape index (κ3) is 2.62. The topological polar surface area (TPSA) is 71.3 Å². The van der Waals surface area contributed by atoms with Crippen molar-refractivity contribution in [3.05, 3.63) is 33.9 Å². The number of benzene rings is 1. The van der Waals surface area contributed by atoms with E-state index in [2.05, 4.69) is 21.2 Å². The number of aromatic nitrogens is 1. The van der Waals surface area contributed by atoms with Crippen molar-refractivity contribution < 1.29 is 13.5 Å². The predicted octanol–water partition coefficient (Wildman–Crippen LogP) is 2.70. The molecule has 0 spiro atoms. The van der Waals surface area contributed by atoms with Crippen molar-refractivity contribution in [2.24, 2.45) is 0 Å². The highest BCUT2D eigenvalue weighted by Crippen LogP contribution is 2.41. The van der Waals surface area contributed by atoms with E-state index in [0.717, 1.165) is 46.0 Å². The normalized spacial score (nSPS) is 22.5. The second-order valence-corrected chi connectivity index (χ2v) is 9.92. The van der Waals surface area contributed by atoms with Crippen LogP contribution in [-0.2, 0) is 16.6 Å². The van der Waals surface area contributed by atoms with Crippen LogP contribution >= 0.6 is 15.9 Å². The van der Waals surface area contributed by atoms with Crippen molar-refractivity contribution in [2.45, 2.75) is 50.0 Å². The summed E-state index contributed by atoms with van der Waals surface area (Å²) < 4.78 is 28.6. The summed E-state index contributed by atoms with van der Waals surface area (Å²) in [5, 5.41) is 13.9. The SMILES string of the molecule is CC(O)CC1CNCc2c1c1cc(Br)ccc1n2S(=O)(=O)C1CC1. The molecule has 2 aliphatic rings. The van der Waals surface area contributed by atoms with Gasteiger partial charge in [0.1, 0.15) is 0 Å². The number of hydrogen-bond acceptors (Lipinski definition) is 4. The second-order valence-electron chi connectivity index (χ2n) is 6.94. The molecule has 2 atom stereocenters. The fraction of sp³-hybridized carbons (Fsp3) is 0.529. The number of rotatable bonds is 4. The lowest BCUT2D eigenvalue weighted by Gasteiger charge is -2.26. The van der Waals surface area contributed by atoms with Crippen molar-refractivity contribution in [2.75, 3.05) is 6.54 Å². The molecule has 1 fully saturated rings. The van der Waals surface area contributed by atoms with Crippen molar-refractivity contribution in [1.29, 1.82) is 0 Å². The number of nitrogens with one attached hydrogen (secondary N) is 1. The van der Waals surface area contributed by atoms with Crippen LogP contribution in [0.1, 0.15) is 43.4 Å². The minimum atomic E-state index is -3.36. The van der Waals surface area contributed by atoms with Gasteiger partial charge in [0.15, 0.2) is 0 Å². The maximum absolute atomic E-state index is 13.0. The van der Waals surface area contributed by atoms with Gasteiger partial charge in [-0.2, -0.15) is 0 Å². The van der Waals surface area contributed by atoms with E-state index >= 15 is 0 Å². The Kier molecular flexibility index (Phi) is 4.03. The van der Waals surface area contributed by atoms with Crippen LogP contribution in [-0.4, -0.2) is 35.4 Å². The molecule has 2 N–H and O–H groups in total. The first-order valence-electron chi connectivity index (χ1n) is 8.35. The van der Waals surface area contributed by atoms with Gasteiger partial charge in [-0.05, 0) is 49.9 Å². The molecule has 0 amide bonds. The van der Waals surface area contributed by atoms with Gasteiger partial charge < -0.3 is 10.4 Å². The molecule has 0 radical (unpaired) electrons. The Morgan fingerprint density at radius 3 is 2.83 bits per heavy atom. The molecule has 7 heteroatoms. The molecular formula is C17H21BrN2O3S. The van der Waals surface area contributed by atoms with Gasteiger partial charge in [0.05, 0.1) is 22.6 Å². The lowest BCUT2D eigenvalue weighted by molar-refractivity contribution is 0.172. The van der Waals surface area contributed by atoms with Gasteiger partial charge in [-0.15, -0.1) is 0 Å². The van der Waals surface area contributed by atoms with E-state index in [4.69, 9.17) is 0 Å². The zero-order chi connectivity index (χ0) is 17.1. The second kappa shape index (κ2) is 5.83. The molecule has 2 aromatic rings. The summed E-state index contributed by atoms with van der Waals surface area (Å²) in [5.41, 5.74) is 2.68. The molecule has 0 bridgehead atoms. The Bertz CT molecular complexity index is 900. The number of halogens is 1. The predicted molar refractivity (Wildman–Crippen MR) is 97.7 cm³/mol. The highest BCUT2D eigenvalue weighted by molar-refractivity contribution is 9.10. The first-order chi connectivity index (χ1) is 11.4. The molecule has 2 heterocycles. The van der Waals surface area contributed by atoms with Crippen molar-refractivity contribution in [1.82, 2.24) is 9.29 Å². The molecule has 1 aromatic heterocycles. The average molecular weight is 413 g/mol. The maximum Gasteiger partial charge on any atom is 0.242 e. The van der Waals surface area contributed by atoms with Crippen LogP contribution in [0.3, 0.4) is 0 Å². The van der Waals surface area contributed by atoms with Gasteiger partial charge in [-0.1, -0.05) is 15.9 Å². The zero-order valence-corrected chi connectivity index (χ0v) is 15.9. The molecule has 130 valence electrons. The molecule has 4 rings (SSSR count). The monoisotopic (exact) mass is 412 g/mol. The van der Waals surface area contributed by atoms with Gasteiger partial charge in [0.25, 0.3) is 0 Å². The van der Waals surface area contributed by atoms with Gasteiger partial charge in [-0.3, -0.25) is 0 Å². The van der Waals surface area contributed by atoms with Crippen LogP contribution in [0.25, 0.3) is 10.9 Å². The van der Waals surface area contributed by atoms with E-state index in [0.29, 0.717) is 13.0 Å². The van der Waals surface area contributed by atoms with Crippen LogP contribution in [0.2, 0.25) is 0 Å². The molecule has 5 nitrogen and oxygen atoms in total. The fourth-order valence-corrected chi connectivity index (χ4v) is 6.11. The summed E-state index contributed by atoms with van der Waals surface area (Å²) in [6, 6.07) is 5.79. The summed E-state index contributed by atoms with van der Waals surface area (Å²) in [5.74, 6) is 0.112. The minimum absolute atomic E-state index is 0.112. The van der Waals surface area contributed by atoms with Gasteiger partial charge in [0, 0.05) is 28.9 Å². The first-order valence-corrected chi connectivity index (χ1v) is 10.6. The summed E-state index contributed by atoms with van der Waals surface area (Å²) in [6.07, 6.45) is 1.69. The summed E-state index contributed by atoms with van der Waals surface area (Å²) in [4.78, 5) is 0. The van der Waals surface area contributed by atoms with E-state index in [9.17, 15) is 13.5 Å². The summed E-state index contributed by atoms with van der Waals surface area (Å²) in [7, 11) is -3.36. The lowest BCUT2D eigenvalue weighted by atomic mass is 9.88. The molecule has 1 aliphatic carbocycles. The van der Waals surface area contributed by atoms with Crippen molar-refractivity contribution in [3.63, 3.8) is 0 Å². The Labute approximate surface area is 150 Å². The molecule has 24 heavy (non-hydrogen) atoms. The molecular weight excluding hydrogens is 392 g/mol. The number of nitrogens with zero attached hydrogens (tertiary/aromatic N) is 1. The first kappa shape index (κ1) is 16.6. The molecule has 1 aliphatic heterocycles. The largest absolute Gasteiger partial charge is 0.393 e. The van der Waals surface area contributed by atoms with Crippen LogP contribution in [0.4, 0.5) is 0 Å². The Morgan fingerprint density at radius 2 is 2.17 bits per heavy atom. The Balaban J connectivity index is 2.00. The number of fused-ring (bicyclic) bond motifs is 3. The van der Waals surface area contributed by atoms with Crippen LogP contribution in [0.5, 0.6) is 0 Å². The van der Waals surface area contributed by atoms with Gasteiger partial charge >= 0.3 is 0 Å². The molecule has 0 saturated heterocycles. The third-order valence-electron chi connectivity index (χ3n) is 4.94. The van der Waals surface area contributed by atoms with Crippen LogP contribution in [0.15, 0.2) is 22.7 Å². The van der Waals surface area contributed by atoms with Crippen LogP contribution in [0, 0.1) is 0 Å². The minimum Gasteiger partial charge on any atom is -0.393 e. The maximum atomic E-state index is 13.0.